The molecule has 0 aliphatic heterocycles. The van der Waals surface area contributed by atoms with E-state index in [0.29, 0.717) is 19.5 Å². The van der Waals surface area contributed by atoms with Gasteiger partial charge in [0, 0.05) is 12.1 Å². The topological polar surface area (TPSA) is 175 Å². The number of hydrogen-bond donors (Lipinski definition) is 6. The molecule has 8 N–H and O–H groups in total. The van der Waals surface area contributed by atoms with E-state index in [0.717, 1.165) is 0 Å². The van der Waals surface area contributed by atoms with Gasteiger partial charge in [0.2, 0.25) is 0 Å². The van der Waals surface area contributed by atoms with Crippen molar-refractivity contribution in [3.8, 4) is 0 Å². The lowest BCUT2D eigenvalue weighted by Crippen LogP contribution is -2.30. The van der Waals surface area contributed by atoms with Crippen LogP contribution in [-0.2, 0) is 6.42 Å². The number of aromatic amines is 2. The Labute approximate surface area is 108 Å². The summed E-state index contributed by atoms with van der Waals surface area (Å²) in [6.07, 6.45) is 0.708. The maximum absolute atomic E-state index is 11.3. The number of aliphatic hydroxyl groups is 1. The lowest BCUT2D eigenvalue weighted by atomic mass is 10.1. The third-order valence-electron chi connectivity index (χ3n) is 2.02. The van der Waals surface area contributed by atoms with Crippen LogP contribution >= 0.6 is 0 Å². The molecule has 1 aromatic rings. The highest BCUT2D eigenvalue weighted by molar-refractivity contribution is 5.86. The zero-order chi connectivity index (χ0) is 14.8. The van der Waals surface area contributed by atoms with Crippen molar-refractivity contribution < 1.29 is 15.0 Å². The van der Waals surface area contributed by atoms with Crippen LogP contribution in [0.3, 0.4) is 0 Å². The van der Waals surface area contributed by atoms with E-state index < -0.39 is 17.2 Å². The second kappa shape index (κ2) is 9.03. The molecule has 0 aliphatic carbocycles. The van der Waals surface area contributed by atoms with Crippen LogP contribution in [0.2, 0.25) is 0 Å². The fourth-order valence-electron chi connectivity index (χ4n) is 1.21. The summed E-state index contributed by atoms with van der Waals surface area (Å²) in [4.78, 5) is 36.9. The minimum Gasteiger partial charge on any atom is -0.477 e. The van der Waals surface area contributed by atoms with Gasteiger partial charge in [0.05, 0.1) is 6.61 Å². The first kappa shape index (κ1) is 17.0. The number of nitrogens with two attached hydrogens (primary N) is 2. The monoisotopic (exact) mass is 274 g/mol. The number of hydrogen-bond acceptors (Lipinski definition) is 6. The van der Waals surface area contributed by atoms with Crippen LogP contribution in [0.1, 0.15) is 22.5 Å². The Morgan fingerprint density at radius 3 is 2.16 bits per heavy atom. The molecule has 0 aliphatic rings. The van der Waals surface area contributed by atoms with Crippen molar-refractivity contribution in [1.82, 2.24) is 9.97 Å². The van der Waals surface area contributed by atoms with Gasteiger partial charge in [-0.2, -0.15) is 0 Å². The third-order valence-corrected chi connectivity index (χ3v) is 2.02. The second-order valence-corrected chi connectivity index (χ2v) is 3.47. The van der Waals surface area contributed by atoms with Crippen molar-refractivity contribution in [2.75, 3.05) is 19.7 Å². The number of carbonyl (C=O) groups is 1. The summed E-state index contributed by atoms with van der Waals surface area (Å²) in [5.41, 5.74) is 8.21. The van der Waals surface area contributed by atoms with Gasteiger partial charge < -0.3 is 26.7 Å². The number of rotatable bonds is 5. The number of aromatic carboxylic acids is 1. The smallest absolute Gasteiger partial charge is 0.352 e. The second-order valence-electron chi connectivity index (χ2n) is 3.47. The van der Waals surface area contributed by atoms with Crippen LogP contribution in [0, 0.1) is 0 Å². The summed E-state index contributed by atoms with van der Waals surface area (Å²) >= 11 is 0. The molecule has 1 heterocycles. The summed E-state index contributed by atoms with van der Waals surface area (Å²) in [6.45, 7) is 0.817. The molecule has 1 aromatic heterocycles. The summed E-state index contributed by atoms with van der Waals surface area (Å²) < 4.78 is 0. The maximum atomic E-state index is 11.3. The molecule has 0 saturated carbocycles. The van der Waals surface area contributed by atoms with Crippen molar-refractivity contribution in [2.45, 2.75) is 12.8 Å². The Balaban J connectivity index is 0.000000711. The number of aromatic nitrogens is 2. The molecule has 9 heteroatoms. The number of carboxylic acids is 1. The molecule has 0 atom stereocenters. The molecule has 0 saturated heterocycles. The third kappa shape index (κ3) is 5.95. The SMILES string of the molecule is NCCCc1c(C(=O)O)[nH]c(=O)[nH]c1=O.NCCO. The van der Waals surface area contributed by atoms with Crippen LogP contribution in [0.25, 0.3) is 0 Å². The molecule has 0 radical (unpaired) electrons. The van der Waals surface area contributed by atoms with Gasteiger partial charge in [0.15, 0.2) is 0 Å². The summed E-state index contributed by atoms with van der Waals surface area (Å²) in [6, 6.07) is 0. The van der Waals surface area contributed by atoms with Gasteiger partial charge in [-0.25, -0.2) is 9.59 Å². The number of nitrogens with one attached hydrogen (secondary N) is 2. The molecule has 0 bridgehead atoms. The average molecular weight is 274 g/mol. The number of aliphatic hydroxyl groups excluding tert-OH is 1. The van der Waals surface area contributed by atoms with Crippen molar-refractivity contribution >= 4 is 5.97 Å². The summed E-state index contributed by atoms with van der Waals surface area (Å²) in [7, 11) is 0. The lowest BCUT2D eigenvalue weighted by molar-refractivity contribution is 0.0688. The Morgan fingerprint density at radius 2 is 1.74 bits per heavy atom. The molecule has 9 nitrogen and oxygen atoms in total. The lowest BCUT2D eigenvalue weighted by Gasteiger charge is -2.02. The Hall–Kier alpha value is -1.97. The van der Waals surface area contributed by atoms with Crippen LogP contribution in [0.4, 0.5) is 0 Å². The van der Waals surface area contributed by atoms with Gasteiger partial charge in [-0.3, -0.25) is 9.78 Å². The van der Waals surface area contributed by atoms with E-state index in [9.17, 15) is 14.4 Å². The van der Waals surface area contributed by atoms with Gasteiger partial charge in [0.25, 0.3) is 5.56 Å². The zero-order valence-corrected chi connectivity index (χ0v) is 10.3. The first-order valence-corrected chi connectivity index (χ1v) is 5.57. The Morgan fingerprint density at radius 1 is 1.16 bits per heavy atom. The number of H-pyrrole nitrogens is 2. The largest absolute Gasteiger partial charge is 0.477 e. The van der Waals surface area contributed by atoms with E-state index in [1.165, 1.54) is 0 Å². The molecule has 0 amide bonds. The first-order chi connectivity index (χ1) is 8.97. The van der Waals surface area contributed by atoms with Gasteiger partial charge in [-0.05, 0) is 19.4 Å². The highest BCUT2D eigenvalue weighted by atomic mass is 16.4. The number of carboxylic acid groups (broad SMARTS) is 1. The standard InChI is InChI=1S/C8H11N3O4.C2H7NO/c9-3-1-2-4-5(7(13)14)10-8(15)11-6(4)12;3-1-2-4/h1-3,9H2,(H,13,14)(H2,10,11,12,15);4H,1-3H2. The van der Waals surface area contributed by atoms with Crippen molar-refractivity contribution in [3.05, 3.63) is 32.1 Å². The molecule has 19 heavy (non-hydrogen) atoms. The molecule has 0 fully saturated rings. The molecule has 0 aromatic carbocycles. The van der Waals surface area contributed by atoms with Crippen LogP contribution in [0.15, 0.2) is 9.59 Å². The normalized spacial score (nSPS) is 9.63. The highest BCUT2D eigenvalue weighted by Crippen LogP contribution is 2.00. The predicted molar refractivity (Wildman–Crippen MR) is 68.2 cm³/mol. The zero-order valence-electron chi connectivity index (χ0n) is 10.3. The van der Waals surface area contributed by atoms with E-state index in [2.05, 4.69) is 4.98 Å². The molecule has 0 unspecified atom stereocenters. The van der Waals surface area contributed by atoms with Gasteiger partial charge in [-0.1, -0.05) is 0 Å². The minimum absolute atomic E-state index is 0.0487. The summed E-state index contributed by atoms with van der Waals surface area (Å²) in [5.74, 6) is -1.33. The van der Waals surface area contributed by atoms with Crippen molar-refractivity contribution in [3.63, 3.8) is 0 Å². The quantitative estimate of drug-likeness (QED) is 0.346. The fraction of sp³-hybridized carbons (Fsp3) is 0.500. The van der Waals surface area contributed by atoms with Crippen LogP contribution in [0.5, 0.6) is 0 Å². The van der Waals surface area contributed by atoms with E-state index in [1.54, 1.807) is 0 Å². The van der Waals surface area contributed by atoms with E-state index in [-0.39, 0.29) is 24.3 Å². The predicted octanol–water partition coefficient (Wildman–Crippen LogP) is -2.41. The first-order valence-electron chi connectivity index (χ1n) is 5.57. The molecule has 108 valence electrons. The van der Waals surface area contributed by atoms with Crippen molar-refractivity contribution in [1.29, 1.82) is 0 Å². The van der Waals surface area contributed by atoms with Crippen LogP contribution < -0.4 is 22.7 Å². The van der Waals surface area contributed by atoms with E-state index >= 15 is 0 Å². The molecule has 0 spiro atoms. The van der Waals surface area contributed by atoms with Gasteiger partial charge >= 0.3 is 11.7 Å². The fourth-order valence-corrected chi connectivity index (χ4v) is 1.21. The van der Waals surface area contributed by atoms with E-state index in [4.69, 9.17) is 21.7 Å². The Kier molecular flexibility index (Phi) is 8.09. The molecule has 1 rings (SSSR count). The van der Waals surface area contributed by atoms with Crippen LogP contribution in [-0.4, -0.2) is 45.8 Å². The molecular formula is C10H18N4O5. The minimum atomic E-state index is -1.33. The highest BCUT2D eigenvalue weighted by Gasteiger charge is 2.14. The van der Waals surface area contributed by atoms with E-state index in [1.807, 2.05) is 4.98 Å². The van der Waals surface area contributed by atoms with Crippen molar-refractivity contribution in [2.24, 2.45) is 11.5 Å². The van der Waals surface area contributed by atoms with Gasteiger partial charge in [0.1, 0.15) is 5.69 Å². The summed E-state index contributed by atoms with van der Waals surface area (Å²) in [5, 5.41) is 16.5. The van der Waals surface area contributed by atoms with Gasteiger partial charge in [-0.15, -0.1) is 0 Å². The maximum Gasteiger partial charge on any atom is 0.352 e. The Bertz CT molecular complexity index is 505. The molecular weight excluding hydrogens is 256 g/mol. The average Bonchev–Trinajstić information content (AvgIpc) is 2.37.